The van der Waals surface area contributed by atoms with Gasteiger partial charge in [-0.25, -0.2) is 13.1 Å². The zero-order valence-corrected chi connectivity index (χ0v) is 12.9. The zero-order valence-electron chi connectivity index (χ0n) is 12.1. The Kier molecular flexibility index (Phi) is 5.58. The molecule has 22 heavy (non-hydrogen) atoms. The molecule has 1 aromatic carbocycles. The molecule has 0 aromatic heterocycles. The SMILES string of the molecule is COCCS(=O)(=O)NCC(=O)Nc1ccc2c(c1)OCCO2. The Morgan fingerprint density at radius 2 is 2.00 bits per heavy atom. The number of methoxy groups -OCH3 is 1. The van der Waals surface area contributed by atoms with Gasteiger partial charge in [0.2, 0.25) is 15.9 Å². The number of amides is 1. The molecule has 1 amide bonds. The van der Waals surface area contributed by atoms with Crippen molar-refractivity contribution in [3.8, 4) is 11.5 Å². The van der Waals surface area contributed by atoms with Crippen LogP contribution in [0.2, 0.25) is 0 Å². The molecular weight excluding hydrogens is 312 g/mol. The number of fused-ring (bicyclic) bond motifs is 1. The molecular formula is C13H18N2O6S. The van der Waals surface area contributed by atoms with Gasteiger partial charge in [0.15, 0.2) is 11.5 Å². The van der Waals surface area contributed by atoms with E-state index in [-0.39, 0.29) is 18.9 Å². The van der Waals surface area contributed by atoms with E-state index in [1.807, 2.05) is 0 Å². The summed E-state index contributed by atoms with van der Waals surface area (Å²) in [4.78, 5) is 11.8. The number of sulfonamides is 1. The highest BCUT2D eigenvalue weighted by Crippen LogP contribution is 2.32. The Labute approximate surface area is 128 Å². The van der Waals surface area contributed by atoms with Crippen molar-refractivity contribution in [2.24, 2.45) is 0 Å². The largest absolute Gasteiger partial charge is 0.486 e. The summed E-state index contributed by atoms with van der Waals surface area (Å²) in [5.74, 6) is 0.493. The molecule has 0 spiro atoms. The number of carbonyl (C=O) groups is 1. The molecule has 1 heterocycles. The highest BCUT2D eigenvalue weighted by molar-refractivity contribution is 7.89. The molecule has 2 rings (SSSR count). The van der Waals surface area contributed by atoms with Crippen molar-refractivity contribution in [2.75, 3.05) is 44.5 Å². The van der Waals surface area contributed by atoms with Crippen LogP contribution in [0.15, 0.2) is 18.2 Å². The highest BCUT2D eigenvalue weighted by atomic mass is 32.2. The summed E-state index contributed by atoms with van der Waals surface area (Å²) >= 11 is 0. The quantitative estimate of drug-likeness (QED) is 0.727. The summed E-state index contributed by atoms with van der Waals surface area (Å²) in [7, 11) is -2.12. The van der Waals surface area contributed by atoms with E-state index in [9.17, 15) is 13.2 Å². The first-order valence-corrected chi connectivity index (χ1v) is 8.31. The number of ether oxygens (including phenoxy) is 3. The molecule has 1 aromatic rings. The van der Waals surface area contributed by atoms with Crippen LogP contribution in [0.5, 0.6) is 11.5 Å². The van der Waals surface area contributed by atoms with Gasteiger partial charge in [-0.05, 0) is 12.1 Å². The lowest BCUT2D eigenvalue weighted by Gasteiger charge is -2.19. The third kappa shape index (κ3) is 4.86. The summed E-state index contributed by atoms with van der Waals surface area (Å²) in [5, 5.41) is 2.59. The summed E-state index contributed by atoms with van der Waals surface area (Å²) < 4.78 is 40.7. The topological polar surface area (TPSA) is 103 Å². The maximum atomic E-state index is 11.8. The lowest BCUT2D eigenvalue weighted by atomic mass is 10.2. The molecule has 0 saturated carbocycles. The number of rotatable bonds is 7. The standard InChI is InChI=1S/C13H18N2O6S/c1-19-6-7-22(17,18)14-9-13(16)15-10-2-3-11-12(8-10)21-5-4-20-11/h2-3,8,14H,4-7,9H2,1H3,(H,15,16). The summed E-state index contributed by atoms with van der Waals surface area (Å²) in [6, 6.07) is 4.98. The van der Waals surface area contributed by atoms with Crippen molar-refractivity contribution in [1.29, 1.82) is 0 Å². The lowest BCUT2D eigenvalue weighted by Crippen LogP contribution is -2.35. The smallest absolute Gasteiger partial charge is 0.239 e. The monoisotopic (exact) mass is 330 g/mol. The Morgan fingerprint density at radius 3 is 2.73 bits per heavy atom. The molecule has 0 unspecified atom stereocenters. The fourth-order valence-electron chi connectivity index (χ4n) is 1.77. The maximum Gasteiger partial charge on any atom is 0.239 e. The van der Waals surface area contributed by atoms with Crippen molar-refractivity contribution in [3.05, 3.63) is 18.2 Å². The van der Waals surface area contributed by atoms with Crippen LogP contribution in [0.25, 0.3) is 0 Å². The van der Waals surface area contributed by atoms with Crippen LogP contribution in [0.3, 0.4) is 0 Å². The van der Waals surface area contributed by atoms with Crippen LogP contribution in [-0.2, 0) is 19.6 Å². The van der Waals surface area contributed by atoms with Crippen LogP contribution in [0.4, 0.5) is 5.69 Å². The zero-order chi connectivity index (χ0) is 16.0. The minimum absolute atomic E-state index is 0.0686. The van der Waals surface area contributed by atoms with Crippen LogP contribution >= 0.6 is 0 Å². The summed E-state index contributed by atoms with van der Waals surface area (Å²) in [6.45, 7) is 0.658. The van der Waals surface area contributed by atoms with Crippen molar-refractivity contribution < 1.29 is 27.4 Å². The highest BCUT2D eigenvalue weighted by Gasteiger charge is 2.14. The van der Waals surface area contributed by atoms with E-state index in [1.165, 1.54) is 7.11 Å². The lowest BCUT2D eigenvalue weighted by molar-refractivity contribution is -0.115. The third-order valence-corrected chi connectivity index (χ3v) is 4.12. The first-order valence-electron chi connectivity index (χ1n) is 6.66. The Bertz CT molecular complexity index is 631. The minimum Gasteiger partial charge on any atom is -0.486 e. The first kappa shape index (κ1) is 16.5. The summed E-state index contributed by atoms with van der Waals surface area (Å²) in [5.41, 5.74) is 0.505. The van der Waals surface area contributed by atoms with Gasteiger partial charge in [0, 0.05) is 18.9 Å². The van der Waals surface area contributed by atoms with Crippen LogP contribution in [-0.4, -0.2) is 53.6 Å². The second-order valence-corrected chi connectivity index (χ2v) is 6.47. The van der Waals surface area contributed by atoms with Gasteiger partial charge in [0.25, 0.3) is 0 Å². The number of anilines is 1. The summed E-state index contributed by atoms with van der Waals surface area (Å²) in [6.07, 6.45) is 0. The molecule has 0 fully saturated rings. The van der Waals surface area contributed by atoms with E-state index >= 15 is 0 Å². The second kappa shape index (κ2) is 7.43. The molecule has 0 aliphatic carbocycles. The fourth-order valence-corrected chi connectivity index (χ4v) is 2.65. The van der Waals surface area contributed by atoms with Crippen molar-refractivity contribution >= 4 is 21.6 Å². The van der Waals surface area contributed by atoms with E-state index in [0.717, 1.165) is 0 Å². The van der Waals surface area contributed by atoms with E-state index in [4.69, 9.17) is 9.47 Å². The average molecular weight is 330 g/mol. The van der Waals surface area contributed by atoms with Crippen molar-refractivity contribution in [1.82, 2.24) is 4.72 Å². The van der Waals surface area contributed by atoms with Gasteiger partial charge in [-0.15, -0.1) is 0 Å². The average Bonchev–Trinajstić information content (AvgIpc) is 2.51. The second-order valence-electron chi connectivity index (χ2n) is 4.54. The number of hydrogen-bond acceptors (Lipinski definition) is 6. The van der Waals surface area contributed by atoms with Crippen LogP contribution in [0, 0.1) is 0 Å². The molecule has 122 valence electrons. The number of hydrogen-bond donors (Lipinski definition) is 2. The predicted molar refractivity (Wildman–Crippen MR) is 79.7 cm³/mol. The van der Waals surface area contributed by atoms with Gasteiger partial charge in [0.1, 0.15) is 13.2 Å². The fraction of sp³-hybridized carbons (Fsp3) is 0.462. The number of benzene rings is 1. The first-order chi connectivity index (χ1) is 10.5. The van der Waals surface area contributed by atoms with Gasteiger partial charge < -0.3 is 19.5 Å². The Morgan fingerprint density at radius 1 is 1.27 bits per heavy atom. The Balaban J connectivity index is 1.87. The molecule has 9 heteroatoms. The molecule has 0 radical (unpaired) electrons. The van der Waals surface area contributed by atoms with Gasteiger partial charge in [-0.3, -0.25) is 4.79 Å². The minimum atomic E-state index is -3.53. The van der Waals surface area contributed by atoms with Crippen LogP contribution < -0.4 is 19.5 Å². The van der Waals surface area contributed by atoms with E-state index in [0.29, 0.717) is 30.4 Å². The Hall–Kier alpha value is -1.84. The molecule has 1 aliphatic heterocycles. The van der Waals surface area contributed by atoms with Crippen LogP contribution in [0.1, 0.15) is 0 Å². The molecule has 2 N–H and O–H groups in total. The van der Waals surface area contributed by atoms with E-state index in [1.54, 1.807) is 18.2 Å². The normalized spacial score (nSPS) is 13.7. The van der Waals surface area contributed by atoms with E-state index < -0.39 is 15.9 Å². The van der Waals surface area contributed by atoms with Crippen molar-refractivity contribution in [3.63, 3.8) is 0 Å². The predicted octanol–water partition coefficient (Wildman–Crippen LogP) is -0.0379. The number of carbonyl (C=O) groups excluding carboxylic acids is 1. The molecule has 8 nitrogen and oxygen atoms in total. The molecule has 0 atom stereocenters. The van der Waals surface area contributed by atoms with Gasteiger partial charge >= 0.3 is 0 Å². The third-order valence-electron chi connectivity index (χ3n) is 2.83. The van der Waals surface area contributed by atoms with Gasteiger partial charge in [0.05, 0.1) is 18.9 Å². The maximum absolute atomic E-state index is 11.8. The molecule has 1 aliphatic rings. The molecule has 0 bridgehead atoms. The number of nitrogens with one attached hydrogen (secondary N) is 2. The van der Waals surface area contributed by atoms with E-state index in [2.05, 4.69) is 14.8 Å². The van der Waals surface area contributed by atoms with Gasteiger partial charge in [-0.2, -0.15) is 0 Å². The van der Waals surface area contributed by atoms with Crippen molar-refractivity contribution in [2.45, 2.75) is 0 Å². The molecule has 0 saturated heterocycles. The van der Waals surface area contributed by atoms with Gasteiger partial charge in [-0.1, -0.05) is 0 Å².